The summed E-state index contributed by atoms with van der Waals surface area (Å²) < 4.78 is 22.4. The second kappa shape index (κ2) is 8.34. The van der Waals surface area contributed by atoms with Crippen LogP contribution in [0.3, 0.4) is 0 Å². The summed E-state index contributed by atoms with van der Waals surface area (Å²) in [5, 5.41) is 2.44. The van der Waals surface area contributed by atoms with Crippen molar-refractivity contribution in [1.82, 2.24) is 10.3 Å². The Balaban J connectivity index is 1.99. The van der Waals surface area contributed by atoms with Crippen LogP contribution >= 0.6 is 11.3 Å². The number of carbonyl (C=O) groups is 3. The predicted molar refractivity (Wildman–Crippen MR) is 87.7 cm³/mol. The van der Waals surface area contributed by atoms with Crippen molar-refractivity contribution < 1.29 is 28.2 Å². The summed E-state index contributed by atoms with van der Waals surface area (Å²) >= 11 is 1.07. The molecule has 0 bridgehead atoms. The second-order valence-corrected chi connectivity index (χ2v) is 5.78. The number of amides is 2. The lowest BCUT2D eigenvalue weighted by Gasteiger charge is -2.05. The Labute approximate surface area is 146 Å². The van der Waals surface area contributed by atoms with Crippen LogP contribution in [0.4, 0.5) is 9.18 Å². The highest BCUT2D eigenvalue weighted by molar-refractivity contribution is 7.17. The van der Waals surface area contributed by atoms with E-state index >= 15 is 0 Å². The maximum atomic E-state index is 13.0. The summed E-state index contributed by atoms with van der Waals surface area (Å²) in [4.78, 5) is 39.1. The van der Waals surface area contributed by atoms with E-state index in [-0.39, 0.29) is 17.3 Å². The molecule has 1 aromatic carbocycles. The van der Waals surface area contributed by atoms with E-state index in [1.165, 1.54) is 12.1 Å². The van der Waals surface area contributed by atoms with Crippen LogP contribution in [0, 0.1) is 12.7 Å². The molecule has 2 aromatic rings. The van der Waals surface area contributed by atoms with Gasteiger partial charge < -0.3 is 9.47 Å². The molecule has 132 valence electrons. The van der Waals surface area contributed by atoms with Crippen molar-refractivity contribution in [3.05, 3.63) is 40.7 Å². The number of ether oxygens (including phenoxy) is 2. The first kappa shape index (κ1) is 18.5. The average molecular weight is 366 g/mol. The molecular formula is C16H15FN2O5S. The molecule has 1 N–H and O–H groups in total. The van der Waals surface area contributed by atoms with Crippen molar-refractivity contribution in [3.8, 4) is 10.6 Å². The largest absolute Gasteiger partial charge is 0.451 e. The number of benzene rings is 1. The number of thiazole rings is 1. The fourth-order valence-electron chi connectivity index (χ4n) is 1.82. The van der Waals surface area contributed by atoms with Gasteiger partial charge in [-0.1, -0.05) is 0 Å². The molecule has 0 aliphatic rings. The molecule has 25 heavy (non-hydrogen) atoms. The van der Waals surface area contributed by atoms with Crippen molar-refractivity contribution in [3.63, 3.8) is 0 Å². The summed E-state index contributed by atoms with van der Waals surface area (Å²) in [6, 6.07) is 5.69. The van der Waals surface area contributed by atoms with Gasteiger partial charge in [0.15, 0.2) is 6.61 Å². The number of rotatable bonds is 5. The Morgan fingerprint density at radius 1 is 1.20 bits per heavy atom. The number of carbonyl (C=O) groups excluding carboxylic acids is 3. The Kier molecular flexibility index (Phi) is 6.18. The molecule has 2 amide bonds. The van der Waals surface area contributed by atoms with Gasteiger partial charge in [-0.2, -0.15) is 0 Å². The third kappa shape index (κ3) is 5.08. The number of aryl methyl sites for hydroxylation is 1. The Hall–Kier alpha value is -2.81. The Morgan fingerprint density at radius 2 is 1.88 bits per heavy atom. The SMILES string of the molecule is CCOC(=O)NC(=O)COC(=O)c1sc(-c2ccc(F)cc2)nc1C. The highest BCUT2D eigenvalue weighted by Crippen LogP contribution is 2.28. The number of nitrogens with zero attached hydrogens (tertiary/aromatic N) is 1. The molecule has 0 spiro atoms. The molecule has 0 aliphatic heterocycles. The maximum Gasteiger partial charge on any atom is 0.413 e. The van der Waals surface area contributed by atoms with Gasteiger partial charge >= 0.3 is 12.1 Å². The zero-order valence-corrected chi connectivity index (χ0v) is 14.3. The minimum absolute atomic E-state index is 0.116. The third-order valence-corrected chi connectivity index (χ3v) is 4.11. The first-order valence-corrected chi connectivity index (χ1v) is 8.09. The Bertz CT molecular complexity index is 788. The van der Waals surface area contributed by atoms with Crippen molar-refractivity contribution >= 4 is 29.3 Å². The molecule has 0 saturated heterocycles. The van der Waals surface area contributed by atoms with Gasteiger partial charge in [-0.05, 0) is 38.1 Å². The van der Waals surface area contributed by atoms with Crippen molar-refractivity contribution in [2.24, 2.45) is 0 Å². The van der Waals surface area contributed by atoms with Gasteiger partial charge in [0.1, 0.15) is 15.7 Å². The van der Waals surface area contributed by atoms with Crippen LogP contribution in [0.1, 0.15) is 22.3 Å². The highest BCUT2D eigenvalue weighted by atomic mass is 32.1. The summed E-state index contributed by atoms with van der Waals surface area (Å²) in [6.07, 6.45) is -0.906. The molecule has 2 rings (SSSR count). The molecular weight excluding hydrogens is 351 g/mol. The first-order chi connectivity index (χ1) is 11.9. The van der Waals surface area contributed by atoms with Crippen molar-refractivity contribution in [2.75, 3.05) is 13.2 Å². The highest BCUT2D eigenvalue weighted by Gasteiger charge is 2.19. The summed E-state index contributed by atoms with van der Waals surface area (Å²) in [5.41, 5.74) is 1.09. The number of halogens is 1. The normalized spacial score (nSPS) is 10.2. The molecule has 1 heterocycles. The first-order valence-electron chi connectivity index (χ1n) is 7.27. The van der Waals surface area contributed by atoms with Crippen LogP contribution in [-0.4, -0.2) is 36.2 Å². The molecule has 0 saturated carbocycles. The van der Waals surface area contributed by atoms with E-state index < -0.39 is 24.6 Å². The molecule has 0 radical (unpaired) electrons. The quantitative estimate of drug-likeness (QED) is 0.818. The number of hydrogen-bond acceptors (Lipinski definition) is 7. The lowest BCUT2D eigenvalue weighted by molar-refractivity contribution is -0.123. The van der Waals surface area contributed by atoms with E-state index in [0.717, 1.165) is 11.3 Å². The van der Waals surface area contributed by atoms with E-state index in [1.807, 2.05) is 5.32 Å². The van der Waals surface area contributed by atoms with Gasteiger partial charge in [-0.15, -0.1) is 11.3 Å². The number of imide groups is 1. The maximum absolute atomic E-state index is 13.0. The summed E-state index contributed by atoms with van der Waals surface area (Å²) in [6.45, 7) is 2.71. The molecule has 0 fully saturated rings. The van der Waals surface area contributed by atoms with E-state index in [0.29, 0.717) is 16.3 Å². The van der Waals surface area contributed by atoms with E-state index in [9.17, 15) is 18.8 Å². The monoisotopic (exact) mass is 366 g/mol. The summed E-state index contributed by atoms with van der Waals surface area (Å²) in [7, 11) is 0. The number of aromatic nitrogens is 1. The van der Waals surface area contributed by atoms with E-state index in [2.05, 4.69) is 9.72 Å². The molecule has 7 nitrogen and oxygen atoms in total. The van der Waals surface area contributed by atoms with Gasteiger partial charge in [0.05, 0.1) is 12.3 Å². The van der Waals surface area contributed by atoms with E-state index in [1.54, 1.807) is 26.0 Å². The third-order valence-electron chi connectivity index (χ3n) is 2.92. The number of esters is 1. The van der Waals surface area contributed by atoms with Crippen LogP contribution in [0.15, 0.2) is 24.3 Å². The minimum atomic E-state index is -0.906. The fourth-order valence-corrected chi connectivity index (χ4v) is 2.78. The minimum Gasteiger partial charge on any atom is -0.451 e. The average Bonchev–Trinajstić information content (AvgIpc) is 2.95. The van der Waals surface area contributed by atoms with Crippen LogP contribution in [0.2, 0.25) is 0 Å². The molecule has 0 unspecified atom stereocenters. The van der Waals surface area contributed by atoms with Crippen LogP contribution < -0.4 is 5.32 Å². The smallest absolute Gasteiger partial charge is 0.413 e. The van der Waals surface area contributed by atoms with Gasteiger partial charge in [0, 0.05) is 5.56 Å². The zero-order valence-electron chi connectivity index (χ0n) is 13.5. The molecule has 1 aromatic heterocycles. The van der Waals surface area contributed by atoms with Gasteiger partial charge in [0.2, 0.25) is 0 Å². The predicted octanol–water partition coefficient (Wildman–Crippen LogP) is 2.69. The zero-order chi connectivity index (χ0) is 18.4. The van der Waals surface area contributed by atoms with Crippen molar-refractivity contribution in [2.45, 2.75) is 13.8 Å². The van der Waals surface area contributed by atoms with E-state index in [4.69, 9.17) is 4.74 Å². The molecule has 0 atom stereocenters. The topological polar surface area (TPSA) is 94.6 Å². The number of nitrogens with one attached hydrogen (secondary N) is 1. The van der Waals surface area contributed by atoms with Crippen LogP contribution in [0.5, 0.6) is 0 Å². The van der Waals surface area contributed by atoms with Crippen LogP contribution in [0.25, 0.3) is 10.6 Å². The van der Waals surface area contributed by atoms with Gasteiger partial charge in [-0.25, -0.2) is 19.0 Å². The van der Waals surface area contributed by atoms with Crippen LogP contribution in [-0.2, 0) is 14.3 Å². The number of hydrogen-bond donors (Lipinski definition) is 1. The van der Waals surface area contributed by atoms with Gasteiger partial charge in [0.25, 0.3) is 5.91 Å². The standard InChI is InChI=1S/C16H15FN2O5S/c1-3-23-16(22)19-12(20)8-24-15(21)13-9(2)18-14(25-13)10-4-6-11(17)7-5-10/h4-7H,3,8H2,1-2H3,(H,19,20,22). The molecule has 9 heteroatoms. The summed E-state index contributed by atoms with van der Waals surface area (Å²) in [5.74, 6) is -1.90. The lowest BCUT2D eigenvalue weighted by Crippen LogP contribution is -2.34. The second-order valence-electron chi connectivity index (χ2n) is 4.79. The van der Waals surface area contributed by atoms with Gasteiger partial charge in [-0.3, -0.25) is 10.1 Å². The Morgan fingerprint density at radius 3 is 2.52 bits per heavy atom. The fraction of sp³-hybridized carbons (Fsp3) is 0.250. The molecule has 0 aliphatic carbocycles. The van der Waals surface area contributed by atoms with Crippen molar-refractivity contribution in [1.29, 1.82) is 0 Å². The number of alkyl carbamates (subject to hydrolysis) is 1. The lowest BCUT2D eigenvalue weighted by atomic mass is 10.2.